The average molecular weight is 458 g/mol. The van der Waals surface area contributed by atoms with Gasteiger partial charge in [-0.05, 0) is 38.5 Å². The topological polar surface area (TPSA) is 108 Å². The van der Waals surface area contributed by atoms with Crippen LogP contribution in [0.5, 0.6) is 11.6 Å². The normalized spacial score (nSPS) is 11.8. The first kappa shape index (κ1) is 23.8. The highest BCUT2D eigenvalue weighted by Crippen LogP contribution is 2.24. The SMILES string of the molecule is COc1ccc(CNc2nc3ccc(OCC(=CF)CNC(=O)OC(C)(C)C)cc3o2)cn1. The minimum atomic E-state index is -0.633. The number of carbonyl (C=O) groups is 1. The molecule has 0 aliphatic heterocycles. The zero-order valence-electron chi connectivity index (χ0n) is 19.0. The molecule has 9 nitrogen and oxygen atoms in total. The molecule has 0 aliphatic rings. The van der Waals surface area contributed by atoms with Gasteiger partial charge in [0, 0.05) is 37.0 Å². The average Bonchev–Trinajstić information content (AvgIpc) is 3.19. The molecule has 1 amide bonds. The number of hydrogen-bond donors (Lipinski definition) is 2. The first-order chi connectivity index (χ1) is 15.8. The van der Waals surface area contributed by atoms with Gasteiger partial charge in [0.05, 0.1) is 13.4 Å². The van der Waals surface area contributed by atoms with Gasteiger partial charge in [0.25, 0.3) is 6.01 Å². The van der Waals surface area contributed by atoms with Gasteiger partial charge >= 0.3 is 6.09 Å². The number of benzene rings is 1. The number of aromatic nitrogens is 2. The maximum Gasteiger partial charge on any atom is 0.407 e. The van der Waals surface area contributed by atoms with E-state index in [1.54, 1.807) is 58.3 Å². The highest BCUT2D eigenvalue weighted by Gasteiger charge is 2.16. The smallest absolute Gasteiger partial charge is 0.407 e. The van der Waals surface area contributed by atoms with Crippen molar-refractivity contribution in [3.05, 3.63) is 54.0 Å². The van der Waals surface area contributed by atoms with Crippen molar-refractivity contribution in [2.75, 3.05) is 25.6 Å². The fourth-order valence-corrected chi connectivity index (χ4v) is 2.68. The fraction of sp³-hybridized carbons (Fsp3) is 0.348. The highest BCUT2D eigenvalue weighted by atomic mass is 19.1. The zero-order valence-corrected chi connectivity index (χ0v) is 19.0. The van der Waals surface area contributed by atoms with Crippen molar-refractivity contribution in [3.8, 4) is 11.6 Å². The molecule has 0 saturated heterocycles. The number of nitrogens with zero attached hydrogens (tertiary/aromatic N) is 2. The first-order valence-corrected chi connectivity index (χ1v) is 10.3. The lowest BCUT2D eigenvalue weighted by molar-refractivity contribution is 0.0531. The monoisotopic (exact) mass is 458 g/mol. The van der Waals surface area contributed by atoms with Crippen LogP contribution in [0, 0.1) is 0 Å². The van der Waals surface area contributed by atoms with Crippen LogP contribution in [-0.4, -0.2) is 41.9 Å². The second kappa shape index (κ2) is 10.7. The number of hydrogen-bond acceptors (Lipinski definition) is 8. The van der Waals surface area contributed by atoms with Gasteiger partial charge in [-0.3, -0.25) is 0 Å². The molecule has 0 atom stereocenters. The van der Waals surface area contributed by atoms with E-state index < -0.39 is 11.7 Å². The van der Waals surface area contributed by atoms with Gasteiger partial charge in [0.2, 0.25) is 5.88 Å². The standard InChI is InChI=1S/C23H27FN4O5/c1-23(2,3)33-22(29)27-13-16(10-24)14-31-17-6-7-18-19(9-17)32-21(28-18)26-12-15-5-8-20(30-4)25-11-15/h5-11H,12-14H2,1-4H3,(H,26,28)(H,27,29). The lowest BCUT2D eigenvalue weighted by Crippen LogP contribution is -2.34. The number of nitrogens with one attached hydrogen (secondary N) is 2. The number of amides is 1. The quantitative estimate of drug-likeness (QED) is 0.479. The molecular formula is C23H27FN4O5. The summed E-state index contributed by atoms with van der Waals surface area (Å²) in [6.45, 7) is 5.63. The summed E-state index contributed by atoms with van der Waals surface area (Å²) < 4.78 is 34.7. The number of anilines is 1. The first-order valence-electron chi connectivity index (χ1n) is 10.3. The van der Waals surface area contributed by atoms with E-state index in [1.165, 1.54) is 0 Å². The van der Waals surface area contributed by atoms with E-state index in [0.717, 1.165) is 5.56 Å². The zero-order chi connectivity index (χ0) is 23.8. The van der Waals surface area contributed by atoms with E-state index in [4.69, 9.17) is 18.6 Å². The summed E-state index contributed by atoms with van der Waals surface area (Å²) in [4.78, 5) is 20.2. The van der Waals surface area contributed by atoms with Gasteiger partial charge in [-0.25, -0.2) is 14.2 Å². The Kier molecular flexibility index (Phi) is 7.70. The number of halogens is 1. The van der Waals surface area contributed by atoms with Crippen molar-refractivity contribution in [2.45, 2.75) is 32.9 Å². The molecule has 1 aromatic carbocycles. The Morgan fingerprint density at radius 3 is 2.73 bits per heavy atom. The van der Waals surface area contributed by atoms with Crippen LogP contribution in [0.4, 0.5) is 15.2 Å². The molecule has 2 N–H and O–H groups in total. The van der Waals surface area contributed by atoms with Crippen LogP contribution in [0.3, 0.4) is 0 Å². The summed E-state index contributed by atoms with van der Waals surface area (Å²) in [6.07, 6.45) is 1.48. The Balaban J connectivity index is 1.53. The summed E-state index contributed by atoms with van der Waals surface area (Å²) >= 11 is 0. The number of fused-ring (bicyclic) bond motifs is 1. The second-order valence-corrected chi connectivity index (χ2v) is 8.12. The predicted molar refractivity (Wildman–Crippen MR) is 121 cm³/mol. The van der Waals surface area contributed by atoms with Crippen LogP contribution in [-0.2, 0) is 11.3 Å². The Bertz CT molecular complexity index is 1110. The molecule has 0 radical (unpaired) electrons. The Morgan fingerprint density at radius 2 is 2.06 bits per heavy atom. The van der Waals surface area contributed by atoms with Gasteiger partial charge in [-0.15, -0.1) is 0 Å². The maximum atomic E-state index is 13.2. The molecule has 0 fully saturated rings. The fourth-order valence-electron chi connectivity index (χ4n) is 2.68. The number of pyridine rings is 1. The second-order valence-electron chi connectivity index (χ2n) is 8.12. The Hall–Kier alpha value is -3.82. The molecular weight excluding hydrogens is 431 g/mol. The van der Waals surface area contributed by atoms with Crippen LogP contribution in [0.25, 0.3) is 11.1 Å². The molecule has 10 heteroatoms. The highest BCUT2D eigenvalue weighted by molar-refractivity contribution is 5.76. The number of methoxy groups -OCH3 is 1. The van der Waals surface area contributed by atoms with E-state index in [2.05, 4.69) is 20.6 Å². The Morgan fingerprint density at radius 1 is 1.24 bits per heavy atom. The summed E-state index contributed by atoms with van der Waals surface area (Å²) in [6, 6.07) is 9.13. The maximum absolute atomic E-state index is 13.2. The summed E-state index contributed by atoms with van der Waals surface area (Å²) in [7, 11) is 1.56. The van der Waals surface area contributed by atoms with E-state index in [0.29, 0.717) is 41.6 Å². The van der Waals surface area contributed by atoms with Crippen LogP contribution in [0.15, 0.2) is 52.8 Å². The molecule has 2 aromatic heterocycles. The van der Waals surface area contributed by atoms with E-state index >= 15 is 0 Å². The van der Waals surface area contributed by atoms with Gasteiger partial charge in [-0.2, -0.15) is 4.98 Å². The van der Waals surface area contributed by atoms with Crippen LogP contribution >= 0.6 is 0 Å². The minimum absolute atomic E-state index is 0.0374. The van der Waals surface area contributed by atoms with Crippen molar-refractivity contribution >= 4 is 23.2 Å². The van der Waals surface area contributed by atoms with Crippen LogP contribution < -0.4 is 20.1 Å². The van der Waals surface area contributed by atoms with E-state index in [9.17, 15) is 9.18 Å². The molecule has 0 aliphatic carbocycles. The molecule has 33 heavy (non-hydrogen) atoms. The number of oxazole rings is 1. The van der Waals surface area contributed by atoms with Gasteiger partial charge < -0.3 is 29.3 Å². The minimum Gasteiger partial charge on any atom is -0.489 e. The lowest BCUT2D eigenvalue weighted by atomic mass is 10.2. The van der Waals surface area contributed by atoms with Crippen molar-refractivity contribution in [2.24, 2.45) is 0 Å². The van der Waals surface area contributed by atoms with E-state index in [-0.39, 0.29) is 18.7 Å². The van der Waals surface area contributed by atoms with Gasteiger partial charge in [-0.1, -0.05) is 6.07 Å². The molecule has 3 rings (SSSR count). The molecule has 176 valence electrons. The van der Waals surface area contributed by atoms with Crippen molar-refractivity contribution in [1.82, 2.24) is 15.3 Å². The van der Waals surface area contributed by atoms with Crippen molar-refractivity contribution in [3.63, 3.8) is 0 Å². The molecule has 0 saturated carbocycles. The van der Waals surface area contributed by atoms with Crippen molar-refractivity contribution < 1.29 is 27.8 Å². The third kappa shape index (κ3) is 7.37. The summed E-state index contributed by atoms with van der Waals surface area (Å²) in [5.74, 6) is 1.01. The number of alkyl carbamates (subject to hydrolysis) is 1. The number of rotatable bonds is 9. The summed E-state index contributed by atoms with van der Waals surface area (Å²) in [5.41, 5.74) is 1.71. The predicted octanol–water partition coefficient (Wildman–Crippen LogP) is 4.60. The summed E-state index contributed by atoms with van der Waals surface area (Å²) in [5, 5.41) is 5.60. The van der Waals surface area contributed by atoms with Crippen LogP contribution in [0.1, 0.15) is 26.3 Å². The lowest BCUT2D eigenvalue weighted by Gasteiger charge is -2.20. The molecule has 0 bridgehead atoms. The molecule has 0 spiro atoms. The van der Waals surface area contributed by atoms with Gasteiger partial charge in [0.1, 0.15) is 23.5 Å². The third-order valence-corrected chi connectivity index (χ3v) is 4.25. The molecule has 3 aromatic rings. The number of carbonyl (C=O) groups excluding carboxylic acids is 1. The largest absolute Gasteiger partial charge is 0.489 e. The number of ether oxygens (including phenoxy) is 3. The molecule has 2 heterocycles. The third-order valence-electron chi connectivity index (χ3n) is 4.25. The van der Waals surface area contributed by atoms with Crippen molar-refractivity contribution in [1.29, 1.82) is 0 Å². The van der Waals surface area contributed by atoms with E-state index in [1.807, 2.05) is 6.07 Å². The van der Waals surface area contributed by atoms with Gasteiger partial charge in [0.15, 0.2) is 5.58 Å². The van der Waals surface area contributed by atoms with Crippen LogP contribution in [0.2, 0.25) is 0 Å². The Labute approximate surface area is 190 Å². The molecule has 0 unspecified atom stereocenters.